The molecule has 1 aliphatic heterocycles. The van der Waals surface area contributed by atoms with Crippen molar-refractivity contribution >= 4 is 0 Å². The monoisotopic (exact) mass is 250 g/mol. The molecule has 0 saturated carbocycles. The first kappa shape index (κ1) is 13.2. The van der Waals surface area contributed by atoms with Crippen molar-refractivity contribution in [2.45, 2.75) is 25.9 Å². The first-order valence-electron chi connectivity index (χ1n) is 6.33. The molecule has 0 aromatic heterocycles. The standard InChI is InChI=1S/C14H22N2O2/c1-10-6-13(17-2)14(18-3)7-11(10)8-16-5-4-12(15)9-16/h6-7,12H,4-5,8-9,15H2,1-3H3/t12-/m0/s1. The Hall–Kier alpha value is -1.26. The van der Waals surface area contributed by atoms with Gasteiger partial charge in [-0.25, -0.2) is 0 Å². The van der Waals surface area contributed by atoms with Gasteiger partial charge in [-0.3, -0.25) is 4.90 Å². The van der Waals surface area contributed by atoms with Crippen LogP contribution in [0.15, 0.2) is 12.1 Å². The summed E-state index contributed by atoms with van der Waals surface area (Å²) >= 11 is 0. The molecule has 18 heavy (non-hydrogen) atoms. The van der Waals surface area contributed by atoms with Crippen LogP contribution in [0.3, 0.4) is 0 Å². The van der Waals surface area contributed by atoms with Gasteiger partial charge in [-0.05, 0) is 36.6 Å². The predicted octanol–water partition coefficient (Wildman–Crippen LogP) is 1.55. The van der Waals surface area contributed by atoms with Crippen molar-refractivity contribution in [3.05, 3.63) is 23.3 Å². The normalized spacial score (nSPS) is 20.1. The van der Waals surface area contributed by atoms with E-state index in [1.165, 1.54) is 11.1 Å². The lowest BCUT2D eigenvalue weighted by atomic mass is 10.1. The number of ether oxygens (including phenoxy) is 2. The Kier molecular flexibility index (Phi) is 4.09. The van der Waals surface area contributed by atoms with Gasteiger partial charge in [-0.2, -0.15) is 0 Å². The van der Waals surface area contributed by atoms with Crippen molar-refractivity contribution in [2.75, 3.05) is 27.3 Å². The molecular weight excluding hydrogens is 228 g/mol. The van der Waals surface area contributed by atoms with Crippen LogP contribution in [0, 0.1) is 6.92 Å². The number of hydrogen-bond acceptors (Lipinski definition) is 4. The molecule has 1 aliphatic rings. The average Bonchev–Trinajstić information content (AvgIpc) is 2.77. The molecule has 0 amide bonds. The first-order chi connectivity index (χ1) is 8.63. The van der Waals surface area contributed by atoms with Crippen LogP contribution in [-0.4, -0.2) is 38.3 Å². The van der Waals surface area contributed by atoms with E-state index in [9.17, 15) is 0 Å². The van der Waals surface area contributed by atoms with Crippen molar-refractivity contribution in [1.29, 1.82) is 0 Å². The molecule has 100 valence electrons. The van der Waals surface area contributed by atoms with Gasteiger partial charge in [0.05, 0.1) is 14.2 Å². The Morgan fingerprint density at radius 3 is 2.50 bits per heavy atom. The van der Waals surface area contributed by atoms with E-state index in [2.05, 4.69) is 17.9 Å². The number of nitrogens with zero attached hydrogens (tertiary/aromatic N) is 1. The van der Waals surface area contributed by atoms with Crippen LogP contribution < -0.4 is 15.2 Å². The summed E-state index contributed by atoms with van der Waals surface area (Å²) in [4.78, 5) is 2.39. The second-order valence-corrected chi connectivity index (χ2v) is 4.92. The molecule has 0 unspecified atom stereocenters. The molecule has 0 spiro atoms. The molecule has 0 bridgehead atoms. The Bertz CT molecular complexity index is 421. The number of likely N-dealkylation sites (tertiary alicyclic amines) is 1. The molecule has 2 rings (SSSR count). The summed E-state index contributed by atoms with van der Waals surface area (Å²) in [7, 11) is 3.33. The Labute approximate surface area is 109 Å². The maximum absolute atomic E-state index is 5.93. The number of hydrogen-bond donors (Lipinski definition) is 1. The molecule has 1 aromatic carbocycles. The second kappa shape index (κ2) is 5.59. The molecule has 4 heteroatoms. The lowest BCUT2D eigenvalue weighted by Gasteiger charge is -2.18. The lowest BCUT2D eigenvalue weighted by molar-refractivity contribution is 0.322. The number of methoxy groups -OCH3 is 2. The lowest BCUT2D eigenvalue weighted by Crippen LogP contribution is -2.26. The largest absolute Gasteiger partial charge is 0.493 e. The van der Waals surface area contributed by atoms with E-state index in [1.807, 2.05) is 6.07 Å². The van der Waals surface area contributed by atoms with Crippen molar-refractivity contribution < 1.29 is 9.47 Å². The Balaban J connectivity index is 2.17. The van der Waals surface area contributed by atoms with Gasteiger partial charge in [0.1, 0.15) is 0 Å². The smallest absolute Gasteiger partial charge is 0.161 e. The molecular formula is C14H22N2O2. The van der Waals surface area contributed by atoms with Crippen LogP contribution in [0.25, 0.3) is 0 Å². The zero-order chi connectivity index (χ0) is 13.1. The van der Waals surface area contributed by atoms with Gasteiger partial charge in [0.25, 0.3) is 0 Å². The minimum Gasteiger partial charge on any atom is -0.493 e. The zero-order valence-corrected chi connectivity index (χ0v) is 11.4. The molecule has 0 aliphatic carbocycles. The predicted molar refractivity (Wildman–Crippen MR) is 72.2 cm³/mol. The van der Waals surface area contributed by atoms with Crippen LogP contribution in [0.4, 0.5) is 0 Å². The molecule has 2 N–H and O–H groups in total. The van der Waals surface area contributed by atoms with Gasteiger partial charge in [-0.1, -0.05) is 0 Å². The number of rotatable bonds is 4. The topological polar surface area (TPSA) is 47.7 Å². The van der Waals surface area contributed by atoms with Gasteiger partial charge in [0.15, 0.2) is 11.5 Å². The van der Waals surface area contributed by atoms with E-state index in [0.29, 0.717) is 6.04 Å². The van der Waals surface area contributed by atoms with Crippen LogP contribution in [0.5, 0.6) is 11.5 Å². The summed E-state index contributed by atoms with van der Waals surface area (Å²) in [6.07, 6.45) is 1.09. The van der Waals surface area contributed by atoms with Gasteiger partial charge in [0.2, 0.25) is 0 Å². The second-order valence-electron chi connectivity index (χ2n) is 4.92. The maximum Gasteiger partial charge on any atom is 0.161 e. The summed E-state index contributed by atoms with van der Waals surface area (Å²) < 4.78 is 10.6. The molecule has 1 heterocycles. The number of benzene rings is 1. The quantitative estimate of drug-likeness (QED) is 0.880. The first-order valence-corrected chi connectivity index (χ1v) is 6.33. The Morgan fingerprint density at radius 2 is 1.94 bits per heavy atom. The average molecular weight is 250 g/mol. The van der Waals surface area contributed by atoms with E-state index in [1.54, 1.807) is 14.2 Å². The molecule has 4 nitrogen and oxygen atoms in total. The fourth-order valence-corrected chi connectivity index (χ4v) is 2.44. The van der Waals surface area contributed by atoms with E-state index >= 15 is 0 Å². The van der Waals surface area contributed by atoms with Crippen molar-refractivity contribution in [3.8, 4) is 11.5 Å². The van der Waals surface area contributed by atoms with Gasteiger partial charge >= 0.3 is 0 Å². The summed E-state index contributed by atoms with van der Waals surface area (Å²) in [5.74, 6) is 1.58. The third-order valence-electron chi connectivity index (χ3n) is 3.54. The molecule has 1 saturated heterocycles. The SMILES string of the molecule is COc1cc(C)c(CN2CC[C@H](N)C2)cc1OC. The Morgan fingerprint density at radius 1 is 1.28 bits per heavy atom. The van der Waals surface area contributed by atoms with E-state index in [0.717, 1.165) is 37.6 Å². The van der Waals surface area contributed by atoms with Crippen molar-refractivity contribution in [1.82, 2.24) is 4.90 Å². The van der Waals surface area contributed by atoms with Crippen LogP contribution in [0.2, 0.25) is 0 Å². The van der Waals surface area contributed by atoms with E-state index in [4.69, 9.17) is 15.2 Å². The van der Waals surface area contributed by atoms with Crippen LogP contribution in [-0.2, 0) is 6.54 Å². The fraction of sp³-hybridized carbons (Fsp3) is 0.571. The third kappa shape index (κ3) is 2.76. The summed E-state index contributed by atoms with van der Waals surface area (Å²) in [6, 6.07) is 4.42. The molecule has 0 radical (unpaired) electrons. The van der Waals surface area contributed by atoms with E-state index in [-0.39, 0.29) is 0 Å². The van der Waals surface area contributed by atoms with Gasteiger partial charge in [0, 0.05) is 25.7 Å². The zero-order valence-electron chi connectivity index (χ0n) is 11.4. The molecule has 1 fully saturated rings. The minimum absolute atomic E-state index is 0.324. The van der Waals surface area contributed by atoms with Crippen LogP contribution in [0.1, 0.15) is 17.5 Å². The highest BCUT2D eigenvalue weighted by molar-refractivity contribution is 5.47. The van der Waals surface area contributed by atoms with Crippen molar-refractivity contribution in [2.24, 2.45) is 5.73 Å². The van der Waals surface area contributed by atoms with Crippen LogP contribution >= 0.6 is 0 Å². The summed E-state index contributed by atoms with van der Waals surface area (Å²) in [6.45, 7) is 5.09. The molecule has 1 atom stereocenters. The summed E-state index contributed by atoms with van der Waals surface area (Å²) in [5.41, 5.74) is 8.44. The van der Waals surface area contributed by atoms with E-state index < -0.39 is 0 Å². The minimum atomic E-state index is 0.324. The van der Waals surface area contributed by atoms with Crippen molar-refractivity contribution in [3.63, 3.8) is 0 Å². The van der Waals surface area contributed by atoms with Gasteiger partial charge < -0.3 is 15.2 Å². The highest BCUT2D eigenvalue weighted by Gasteiger charge is 2.20. The highest BCUT2D eigenvalue weighted by Crippen LogP contribution is 2.31. The third-order valence-corrected chi connectivity index (χ3v) is 3.54. The number of aryl methyl sites for hydroxylation is 1. The summed E-state index contributed by atoms with van der Waals surface area (Å²) in [5, 5.41) is 0. The molecule has 1 aromatic rings. The highest BCUT2D eigenvalue weighted by atomic mass is 16.5. The fourth-order valence-electron chi connectivity index (χ4n) is 2.44. The van der Waals surface area contributed by atoms with Gasteiger partial charge in [-0.15, -0.1) is 0 Å². The number of nitrogens with two attached hydrogens (primary N) is 1. The maximum atomic E-state index is 5.93.